The molecule has 1 aromatic rings. The minimum atomic E-state index is -5.08. The van der Waals surface area contributed by atoms with Crippen LogP contribution >= 0.6 is 0 Å². The van der Waals surface area contributed by atoms with Crippen molar-refractivity contribution in [2.24, 2.45) is 0 Å². The maximum atomic E-state index is 12.4. The topological polar surface area (TPSA) is 95.0 Å². The van der Waals surface area contributed by atoms with Crippen molar-refractivity contribution in [3.63, 3.8) is 0 Å². The van der Waals surface area contributed by atoms with Gasteiger partial charge in [-0.05, 0) is 44.2 Å². The molecule has 2 aliphatic heterocycles. The Hall–Kier alpha value is -2.14. The van der Waals surface area contributed by atoms with Gasteiger partial charge in [-0.3, -0.25) is 4.79 Å². The van der Waals surface area contributed by atoms with Crippen molar-refractivity contribution < 1.29 is 36.3 Å². The van der Waals surface area contributed by atoms with Crippen molar-refractivity contribution in [2.45, 2.75) is 50.2 Å². The van der Waals surface area contributed by atoms with Crippen LogP contribution in [0.3, 0.4) is 0 Å². The highest BCUT2D eigenvalue weighted by molar-refractivity contribution is 7.90. The van der Waals surface area contributed by atoms with E-state index in [1.807, 2.05) is 11.0 Å². The number of aliphatic carboxylic acids is 1. The van der Waals surface area contributed by atoms with Crippen molar-refractivity contribution in [3.05, 3.63) is 35.9 Å². The third-order valence-corrected chi connectivity index (χ3v) is 7.10. The number of rotatable bonds is 6. The van der Waals surface area contributed by atoms with Gasteiger partial charge in [-0.15, -0.1) is 0 Å². The minimum absolute atomic E-state index is 0.0677. The molecule has 1 unspecified atom stereocenters. The van der Waals surface area contributed by atoms with Gasteiger partial charge in [0.1, 0.15) is 9.84 Å². The van der Waals surface area contributed by atoms with E-state index in [0.717, 1.165) is 51.7 Å². The first-order valence-electron chi connectivity index (χ1n) is 10.9. The van der Waals surface area contributed by atoms with E-state index in [4.69, 9.17) is 9.90 Å². The van der Waals surface area contributed by atoms with E-state index in [-0.39, 0.29) is 17.2 Å². The minimum Gasteiger partial charge on any atom is -0.475 e. The van der Waals surface area contributed by atoms with Gasteiger partial charge in [-0.2, -0.15) is 13.2 Å². The molecular formula is C22H31F3N2O5S. The van der Waals surface area contributed by atoms with Crippen molar-refractivity contribution in [1.29, 1.82) is 0 Å². The van der Waals surface area contributed by atoms with Gasteiger partial charge in [0.15, 0.2) is 0 Å². The van der Waals surface area contributed by atoms with Gasteiger partial charge >= 0.3 is 12.1 Å². The summed E-state index contributed by atoms with van der Waals surface area (Å²) in [5, 5.41) is 7.12. The highest BCUT2D eigenvalue weighted by Gasteiger charge is 2.45. The molecule has 0 bridgehead atoms. The zero-order valence-electron chi connectivity index (χ0n) is 18.7. The molecule has 1 spiro atoms. The Balaban J connectivity index is 0.000000479. The molecule has 3 rings (SSSR count). The van der Waals surface area contributed by atoms with Gasteiger partial charge in [0.05, 0.1) is 5.75 Å². The highest BCUT2D eigenvalue weighted by Crippen LogP contribution is 2.39. The first-order valence-corrected chi connectivity index (χ1v) is 12.9. The lowest BCUT2D eigenvalue weighted by molar-refractivity contribution is -0.192. The number of hydrogen-bond donors (Lipinski definition) is 1. The number of hydrogen-bond acceptors (Lipinski definition) is 5. The number of alkyl halides is 3. The summed E-state index contributed by atoms with van der Waals surface area (Å²) < 4.78 is 54.9. The molecule has 186 valence electrons. The van der Waals surface area contributed by atoms with Crippen LogP contribution in [-0.4, -0.2) is 85.1 Å². The van der Waals surface area contributed by atoms with Crippen LogP contribution in [-0.2, 0) is 25.8 Å². The number of carbonyl (C=O) groups excluding carboxylic acids is 1. The monoisotopic (exact) mass is 492 g/mol. The molecule has 2 fully saturated rings. The number of carboxylic acid groups (broad SMARTS) is 1. The van der Waals surface area contributed by atoms with Gasteiger partial charge in [0.2, 0.25) is 5.91 Å². The fourth-order valence-electron chi connectivity index (χ4n) is 4.40. The molecule has 0 aliphatic carbocycles. The van der Waals surface area contributed by atoms with Gasteiger partial charge in [-0.1, -0.05) is 30.3 Å². The van der Waals surface area contributed by atoms with Gasteiger partial charge in [0.25, 0.3) is 0 Å². The first-order chi connectivity index (χ1) is 15.3. The average Bonchev–Trinajstić information content (AvgIpc) is 2.89. The lowest BCUT2D eigenvalue weighted by Crippen LogP contribution is -2.48. The normalized spacial score (nSPS) is 22.1. The molecule has 1 amide bonds. The Morgan fingerprint density at radius 1 is 1.09 bits per heavy atom. The number of sulfone groups is 1. The Morgan fingerprint density at radius 3 is 2.30 bits per heavy atom. The lowest BCUT2D eigenvalue weighted by Gasteiger charge is -2.38. The molecule has 2 saturated heterocycles. The summed E-state index contributed by atoms with van der Waals surface area (Å²) in [6.07, 6.45) is 1.66. The zero-order valence-corrected chi connectivity index (χ0v) is 19.5. The van der Waals surface area contributed by atoms with Crippen LogP contribution in [0.5, 0.6) is 0 Å². The fourth-order valence-corrected chi connectivity index (χ4v) is 4.92. The number of nitrogens with zero attached hydrogens (tertiary/aromatic N) is 2. The Bertz CT molecular complexity index is 908. The Kier molecular flexibility index (Phi) is 9.30. The maximum Gasteiger partial charge on any atom is 0.490 e. The molecule has 7 nitrogen and oxygen atoms in total. The molecule has 11 heteroatoms. The third-order valence-electron chi connectivity index (χ3n) is 6.18. The smallest absolute Gasteiger partial charge is 0.475 e. The van der Waals surface area contributed by atoms with Gasteiger partial charge in [0, 0.05) is 37.8 Å². The van der Waals surface area contributed by atoms with E-state index in [1.54, 1.807) is 0 Å². The van der Waals surface area contributed by atoms with Crippen molar-refractivity contribution in [3.8, 4) is 0 Å². The summed E-state index contributed by atoms with van der Waals surface area (Å²) in [5.41, 5.74) is 1.24. The molecule has 1 aromatic carbocycles. The molecule has 0 aromatic heterocycles. The second kappa shape index (κ2) is 11.3. The van der Waals surface area contributed by atoms with E-state index in [1.165, 1.54) is 11.8 Å². The van der Waals surface area contributed by atoms with E-state index < -0.39 is 22.0 Å². The summed E-state index contributed by atoms with van der Waals surface area (Å²) >= 11 is 0. The number of benzene rings is 1. The second-order valence-corrected chi connectivity index (χ2v) is 10.9. The molecule has 2 heterocycles. The summed E-state index contributed by atoms with van der Waals surface area (Å²) in [4.78, 5) is 25.7. The molecule has 33 heavy (non-hydrogen) atoms. The first kappa shape index (κ1) is 27.1. The van der Waals surface area contributed by atoms with Crippen molar-refractivity contribution in [2.75, 3.05) is 38.2 Å². The van der Waals surface area contributed by atoms with E-state index >= 15 is 0 Å². The number of carboxylic acids is 1. The van der Waals surface area contributed by atoms with Crippen LogP contribution < -0.4 is 0 Å². The molecule has 1 atom stereocenters. The molecular weight excluding hydrogens is 461 g/mol. The summed E-state index contributed by atoms with van der Waals surface area (Å²) in [5.74, 6) is -2.56. The number of carbonyl (C=O) groups is 2. The van der Waals surface area contributed by atoms with Gasteiger partial charge in [-0.25, -0.2) is 13.2 Å². The average molecular weight is 493 g/mol. The highest BCUT2D eigenvalue weighted by atomic mass is 32.2. The number of amides is 1. The number of likely N-dealkylation sites (tertiary alicyclic amines) is 2. The lowest BCUT2D eigenvalue weighted by atomic mass is 9.88. The summed E-state index contributed by atoms with van der Waals surface area (Å²) in [6.45, 7) is 3.43. The predicted molar refractivity (Wildman–Crippen MR) is 118 cm³/mol. The quantitative estimate of drug-likeness (QED) is 0.656. The van der Waals surface area contributed by atoms with E-state index in [0.29, 0.717) is 13.0 Å². The SMILES string of the molecule is CS(=O)(=O)CCN1C(=O)CCC12CCCN(CCc1ccccc1)CC2.O=C(O)C(F)(F)F. The zero-order chi connectivity index (χ0) is 24.7. The molecule has 2 aliphatic rings. The van der Waals surface area contributed by atoms with Crippen molar-refractivity contribution >= 4 is 21.7 Å². The Labute approximate surface area is 192 Å². The van der Waals surface area contributed by atoms with Crippen LogP contribution in [0.1, 0.15) is 37.7 Å². The molecule has 1 N–H and O–H groups in total. The van der Waals surface area contributed by atoms with E-state index in [9.17, 15) is 26.4 Å². The van der Waals surface area contributed by atoms with Crippen molar-refractivity contribution in [1.82, 2.24) is 9.80 Å². The number of halogens is 3. The van der Waals surface area contributed by atoms with Crippen LogP contribution in [0, 0.1) is 0 Å². The predicted octanol–water partition coefficient (Wildman–Crippen LogP) is 2.75. The van der Waals surface area contributed by atoms with Crippen LogP contribution in [0.2, 0.25) is 0 Å². The van der Waals surface area contributed by atoms with Gasteiger partial charge < -0.3 is 14.9 Å². The largest absolute Gasteiger partial charge is 0.490 e. The van der Waals surface area contributed by atoms with Crippen LogP contribution in [0.4, 0.5) is 13.2 Å². The molecule has 0 saturated carbocycles. The molecule has 0 radical (unpaired) electrons. The maximum absolute atomic E-state index is 12.4. The summed E-state index contributed by atoms with van der Waals surface area (Å²) in [7, 11) is -3.05. The third kappa shape index (κ3) is 8.62. The second-order valence-electron chi connectivity index (χ2n) is 8.63. The fraction of sp³-hybridized carbons (Fsp3) is 0.636. The standard InChI is InChI=1S/C20H30N2O3S.C2HF3O2/c1-26(24,25)17-16-22-19(23)8-11-20(22)10-5-13-21(15-12-20)14-9-18-6-3-2-4-7-18;3-2(4,5)1(6)7/h2-4,6-7H,5,8-17H2,1H3;(H,6,7). The van der Waals surface area contributed by atoms with E-state index in [2.05, 4.69) is 29.2 Å². The summed E-state index contributed by atoms with van der Waals surface area (Å²) in [6, 6.07) is 10.5. The van der Waals surface area contributed by atoms with Crippen LogP contribution in [0.25, 0.3) is 0 Å². The Morgan fingerprint density at radius 2 is 1.73 bits per heavy atom. The van der Waals surface area contributed by atoms with Crippen LogP contribution in [0.15, 0.2) is 30.3 Å².